The van der Waals surface area contributed by atoms with Crippen LogP contribution in [0.25, 0.3) is 0 Å². The molecule has 1 N–H and O–H groups in total. The maximum Gasteiger partial charge on any atom is 1.00 e. The smallest absolute Gasteiger partial charge is 0.550 e. The SMILES string of the molecule is CCCCC/C=C\C/C=C\CCC(O)CCCCC(=O)[O-].[Na+]. The predicted molar refractivity (Wildman–Crippen MR) is 85.8 cm³/mol. The van der Waals surface area contributed by atoms with Gasteiger partial charge in [-0.25, -0.2) is 0 Å². The van der Waals surface area contributed by atoms with Gasteiger partial charge in [0.1, 0.15) is 0 Å². The molecular weight excluding hydrogens is 287 g/mol. The molecule has 0 amide bonds. The number of allylic oxidation sites excluding steroid dienone is 4. The van der Waals surface area contributed by atoms with Crippen LogP contribution in [0.5, 0.6) is 0 Å². The molecule has 0 bridgehead atoms. The van der Waals surface area contributed by atoms with Crippen LogP contribution >= 0.6 is 0 Å². The van der Waals surface area contributed by atoms with Crippen molar-refractivity contribution in [3.05, 3.63) is 24.3 Å². The molecule has 0 aromatic carbocycles. The molecule has 0 aliphatic carbocycles. The fourth-order valence-electron chi connectivity index (χ4n) is 2.10. The Morgan fingerprint density at radius 3 is 2.32 bits per heavy atom. The van der Waals surface area contributed by atoms with Gasteiger partial charge >= 0.3 is 29.6 Å². The number of aliphatic hydroxyl groups is 1. The normalized spacial score (nSPS) is 12.6. The molecule has 0 spiro atoms. The Morgan fingerprint density at radius 2 is 1.68 bits per heavy atom. The van der Waals surface area contributed by atoms with Crippen LogP contribution in [-0.4, -0.2) is 17.2 Å². The van der Waals surface area contributed by atoms with Crippen molar-refractivity contribution in [2.75, 3.05) is 0 Å². The summed E-state index contributed by atoms with van der Waals surface area (Å²) in [6, 6.07) is 0. The number of aliphatic hydroxyl groups excluding tert-OH is 1. The third-order valence-electron chi connectivity index (χ3n) is 3.41. The average molecular weight is 318 g/mol. The van der Waals surface area contributed by atoms with Gasteiger partial charge in [-0.15, -0.1) is 0 Å². The summed E-state index contributed by atoms with van der Waals surface area (Å²) in [4.78, 5) is 10.2. The zero-order chi connectivity index (χ0) is 15.8. The zero-order valence-electron chi connectivity index (χ0n) is 14.4. The molecular formula is C18H31NaO3. The van der Waals surface area contributed by atoms with Crippen molar-refractivity contribution in [2.45, 2.75) is 83.7 Å². The number of carboxylic acid groups (broad SMARTS) is 1. The van der Waals surface area contributed by atoms with E-state index in [1.807, 2.05) is 0 Å². The Bertz CT molecular complexity index is 301. The number of hydrogen-bond acceptors (Lipinski definition) is 3. The van der Waals surface area contributed by atoms with Crippen molar-refractivity contribution in [1.29, 1.82) is 0 Å². The molecule has 0 fully saturated rings. The minimum absolute atomic E-state index is 0. The van der Waals surface area contributed by atoms with Crippen LogP contribution in [-0.2, 0) is 4.79 Å². The van der Waals surface area contributed by atoms with Gasteiger partial charge in [0.25, 0.3) is 0 Å². The first-order valence-electron chi connectivity index (χ1n) is 8.34. The molecule has 122 valence electrons. The summed E-state index contributed by atoms with van der Waals surface area (Å²) in [5.41, 5.74) is 0. The summed E-state index contributed by atoms with van der Waals surface area (Å²) in [5, 5.41) is 20.0. The van der Waals surface area contributed by atoms with Gasteiger partial charge in [0.2, 0.25) is 0 Å². The number of carbonyl (C=O) groups is 1. The molecule has 0 saturated heterocycles. The van der Waals surface area contributed by atoms with Crippen molar-refractivity contribution in [3.8, 4) is 0 Å². The fourth-order valence-corrected chi connectivity index (χ4v) is 2.10. The van der Waals surface area contributed by atoms with E-state index in [4.69, 9.17) is 0 Å². The number of carbonyl (C=O) groups excluding carboxylic acids is 1. The fraction of sp³-hybridized carbons (Fsp3) is 0.722. The minimum Gasteiger partial charge on any atom is -0.550 e. The van der Waals surface area contributed by atoms with Crippen LogP contribution in [0.1, 0.15) is 77.6 Å². The number of rotatable bonds is 14. The van der Waals surface area contributed by atoms with Crippen molar-refractivity contribution in [2.24, 2.45) is 0 Å². The Morgan fingerprint density at radius 1 is 1.00 bits per heavy atom. The van der Waals surface area contributed by atoms with Gasteiger partial charge in [-0.05, 0) is 51.4 Å². The first-order valence-corrected chi connectivity index (χ1v) is 8.34. The van der Waals surface area contributed by atoms with E-state index >= 15 is 0 Å². The molecule has 1 unspecified atom stereocenters. The van der Waals surface area contributed by atoms with Gasteiger partial charge < -0.3 is 15.0 Å². The predicted octanol–water partition coefficient (Wildman–Crippen LogP) is 0.525. The van der Waals surface area contributed by atoms with Crippen molar-refractivity contribution in [3.63, 3.8) is 0 Å². The summed E-state index contributed by atoms with van der Waals surface area (Å²) in [6.45, 7) is 2.21. The molecule has 0 aromatic rings. The molecule has 0 radical (unpaired) electrons. The van der Waals surface area contributed by atoms with Crippen molar-refractivity contribution in [1.82, 2.24) is 0 Å². The van der Waals surface area contributed by atoms with Gasteiger partial charge in [0.05, 0.1) is 6.10 Å². The maximum atomic E-state index is 10.2. The Labute approximate surface area is 158 Å². The summed E-state index contributed by atoms with van der Waals surface area (Å²) in [7, 11) is 0. The van der Waals surface area contributed by atoms with Crippen LogP contribution < -0.4 is 34.7 Å². The zero-order valence-corrected chi connectivity index (χ0v) is 16.4. The molecule has 0 heterocycles. The third-order valence-corrected chi connectivity index (χ3v) is 3.41. The molecule has 1 atom stereocenters. The summed E-state index contributed by atoms with van der Waals surface area (Å²) in [6.07, 6.45) is 18.1. The molecule has 3 nitrogen and oxygen atoms in total. The van der Waals surface area contributed by atoms with E-state index in [9.17, 15) is 15.0 Å². The second-order valence-electron chi connectivity index (χ2n) is 5.52. The molecule has 4 heteroatoms. The molecule has 0 aliphatic rings. The number of carboxylic acids is 1. The summed E-state index contributed by atoms with van der Waals surface area (Å²) >= 11 is 0. The van der Waals surface area contributed by atoms with Crippen LogP contribution in [0.15, 0.2) is 24.3 Å². The second-order valence-corrected chi connectivity index (χ2v) is 5.52. The Balaban J connectivity index is 0. The van der Waals surface area contributed by atoms with E-state index in [0.717, 1.165) is 25.7 Å². The standard InChI is InChI=1S/C18H32O3.Na/c1-2-3-4-5-6-7-8-9-10-11-14-17(19)15-12-13-16-18(20)21;/h6-7,9-10,17,19H,2-5,8,11-16H2,1H3,(H,20,21);/q;+1/p-1/b7-6-,10-9-;. The molecule has 0 aliphatic heterocycles. The van der Waals surface area contributed by atoms with E-state index in [0.29, 0.717) is 12.8 Å². The first kappa shape index (κ1) is 24.2. The van der Waals surface area contributed by atoms with Crippen molar-refractivity contribution < 1.29 is 44.6 Å². The summed E-state index contributed by atoms with van der Waals surface area (Å²) in [5.74, 6) is -1.00. The van der Waals surface area contributed by atoms with Gasteiger partial charge in [-0.2, -0.15) is 0 Å². The topological polar surface area (TPSA) is 60.4 Å². The van der Waals surface area contributed by atoms with Crippen LogP contribution in [0, 0.1) is 0 Å². The summed E-state index contributed by atoms with van der Waals surface area (Å²) < 4.78 is 0. The molecule has 22 heavy (non-hydrogen) atoms. The van der Waals surface area contributed by atoms with Gasteiger partial charge in [-0.1, -0.05) is 50.5 Å². The van der Waals surface area contributed by atoms with E-state index in [2.05, 4.69) is 31.2 Å². The van der Waals surface area contributed by atoms with E-state index in [-0.39, 0.29) is 42.1 Å². The monoisotopic (exact) mass is 318 g/mol. The van der Waals surface area contributed by atoms with Crippen molar-refractivity contribution >= 4 is 5.97 Å². The molecule has 0 aromatic heterocycles. The largest absolute Gasteiger partial charge is 1.00 e. The maximum absolute atomic E-state index is 10.2. The van der Waals surface area contributed by atoms with Gasteiger partial charge in [-0.3, -0.25) is 0 Å². The van der Waals surface area contributed by atoms with Crippen LogP contribution in [0.4, 0.5) is 0 Å². The Hall–Kier alpha value is -0.0900. The average Bonchev–Trinajstić information content (AvgIpc) is 2.45. The number of hydrogen-bond donors (Lipinski definition) is 1. The minimum atomic E-state index is -1.00. The molecule has 0 rings (SSSR count). The third kappa shape index (κ3) is 19.9. The second kappa shape index (κ2) is 19.0. The number of unbranched alkanes of at least 4 members (excludes halogenated alkanes) is 4. The first-order chi connectivity index (χ1) is 10.2. The van der Waals surface area contributed by atoms with Crippen LogP contribution in [0.3, 0.4) is 0 Å². The van der Waals surface area contributed by atoms with E-state index < -0.39 is 5.97 Å². The van der Waals surface area contributed by atoms with E-state index in [1.54, 1.807) is 0 Å². The van der Waals surface area contributed by atoms with Gasteiger partial charge in [0, 0.05) is 5.97 Å². The Kier molecular flexibility index (Phi) is 20.8. The van der Waals surface area contributed by atoms with Crippen LogP contribution in [0.2, 0.25) is 0 Å². The van der Waals surface area contributed by atoms with Gasteiger partial charge in [0.15, 0.2) is 0 Å². The number of aliphatic carboxylic acids is 1. The van der Waals surface area contributed by atoms with E-state index in [1.165, 1.54) is 25.7 Å². The quantitative estimate of drug-likeness (QED) is 0.289. The molecule has 0 saturated carbocycles.